The van der Waals surface area contributed by atoms with Crippen molar-refractivity contribution in [2.75, 3.05) is 0 Å². The van der Waals surface area contributed by atoms with Crippen LogP contribution < -0.4 is 17.0 Å². The maximum atomic E-state index is 2.24. The second kappa shape index (κ2) is 6.36. The first kappa shape index (κ1) is 14.3. The van der Waals surface area contributed by atoms with Crippen LogP contribution in [0.15, 0.2) is 79.1 Å². The van der Waals surface area contributed by atoms with Gasteiger partial charge in [0.15, 0.2) is 12.4 Å². The molecule has 0 atom stereocenters. The molecule has 0 saturated heterocycles. The van der Waals surface area contributed by atoms with E-state index in [1.165, 1.54) is 22.3 Å². The smallest absolute Gasteiger partial charge is 0.176 e. The number of nitrogens with zero attached hydrogens (tertiary/aromatic N) is 1. The second-order valence-electron chi connectivity index (χ2n) is 4.71. The second-order valence-corrected chi connectivity index (χ2v) is 4.71. The number of hydrogen-bond acceptors (Lipinski definition) is 0. The molecule has 1 nitrogen and oxygen atoms in total. The van der Waals surface area contributed by atoms with Gasteiger partial charge in [0.25, 0.3) is 0 Å². The molecule has 0 fully saturated rings. The lowest BCUT2D eigenvalue weighted by molar-refractivity contribution is -0.670. The van der Waals surface area contributed by atoms with Crippen molar-refractivity contribution in [2.45, 2.75) is 0 Å². The summed E-state index contributed by atoms with van der Waals surface area (Å²) in [7, 11) is 2.07. The maximum Gasteiger partial charge on any atom is 0.176 e. The summed E-state index contributed by atoms with van der Waals surface area (Å²) in [5.41, 5.74) is 4.97. The standard InChI is InChI=1S/C18H16N.ClH/c1-19-13-17(15-8-4-2-5-9-15)12-18(14-19)16-10-6-3-7-11-16;/h2-14H,1H3;1H/q+1;/p-1. The summed E-state index contributed by atoms with van der Waals surface area (Å²) >= 11 is 0. The van der Waals surface area contributed by atoms with E-state index in [4.69, 9.17) is 0 Å². The van der Waals surface area contributed by atoms with Gasteiger partial charge < -0.3 is 12.4 Å². The molecule has 3 aromatic rings. The minimum atomic E-state index is 0. The Bertz CT molecular complexity index is 621. The van der Waals surface area contributed by atoms with Crippen molar-refractivity contribution in [3.63, 3.8) is 0 Å². The molecule has 1 heterocycles. The average Bonchev–Trinajstić information content (AvgIpc) is 2.48. The molecule has 0 aliphatic heterocycles. The molecule has 0 saturated carbocycles. The molecule has 3 rings (SSSR count). The highest BCUT2D eigenvalue weighted by atomic mass is 35.5. The van der Waals surface area contributed by atoms with E-state index in [1.54, 1.807) is 0 Å². The Labute approximate surface area is 125 Å². The minimum absolute atomic E-state index is 0. The van der Waals surface area contributed by atoms with Crippen LogP contribution in [0, 0.1) is 0 Å². The summed E-state index contributed by atoms with van der Waals surface area (Å²) in [6, 6.07) is 23.2. The molecule has 0 aliphatic carbocycles. The Morgan fingerprint density at radius 3 is 1.40 bits per heavy atom. The van der Waals surface area contributed by atoms with Crippen molar-refractivity contribution in [1.82, 2.24) is 0 Å². The van der Waals surface area contributed by atoms with E-state index in [2.05, 4.69) is 78.6 Å². The molecule has 1 aromatic heterocycles. The van der Waals surface area contributed by atoms with Crippen molar-refractivity contribution < 1.29 is 17.0 Å². The summed E-state index contributed by atoms with van der Waals surface area (Å²) in [6.45, 7) is 0. The van der Waals surface area contributed by atoms with Gasteiger partial charge in [-0.1, -0.05) is 60.7 Å². The zero-order valence-electron chi connectivity index (χ0n) is 11.3. The van der Waals surface area contributed by atoms with Gasteiger partial charge >= 0.3 is 0 Å². The fourth-order valence-corrected chi connectivity index (χ4v) is 2.30. The molecule has 0 N–H and O–H groups in total. The van der Waals surface area contributed by atoms with E-state index in [9.17, 15) is 0 Å². The first-order valence-electron chi connectivity index (χ1n) is 6.44. The van der Waals surface area contributed by atoms with Crippen LogP contribution in [0.3, 0.4) is 0 Å². The predicted molar refractivity (Wildman–Crippen MR) is 78.5 cm³/mol. The lowest BCUT2D eigenvalue weighted by Crippen LogP contribution is -3.00. The van der Waals surface area contributed by atoms with Gasteiger partial charge in [-0.15, -0.1) is 0 Å². The third-order valence-electron chi connectivity index (χ3n) is 3.21. The van der Waals surface area contributed by atoms with Crippen LogP contribution in [0.4, 0.5) is 0 Å². The fourth-order valence-electron chi connectivity index (χ4n) is 2.30. The third-order valence-corrected chi connectivity index (χ3v) is 3.21. The fraction of sp³-hybridized carbons (Fsp3) is 0.0556. The molecular weight excluding hydrogens is 266 g/mol. The van der Waals surface area contributed by atoms with Gasteiger partial charge in [0.2, 0.25) is 0 Å². The molecule has 2 heteroatoms. The number of hydrogen-bond donors (Lipinski definition) is 0. The SMILES string of the molecule is C[n+]1cc(-c2ccccc2)cc(-c2ccccc2)c1.[Cl-]. The van der Waals surface area contributed by atoms with E-state index >= 15 is 0 Å². The molecule has 0 spiro atoms. The number of aromatic nitrogens is 1. The zero-order valence-corrected chi connectivity index (χ0v) is 12.1. The molecule has 0 radical (unpaired) electrons. The minimum Gasteiger partial charge on any atom is -1.00 e. The number of benzene rings is 2. The molecular formula is C18H16ClN. The highest BCUT2D eigenvalue weighted by Gasteiger charge is 2.07. The summed E-state index contributed by atoms with van der Waals surface area (Å²) < 4.78 is 2.12. The Morgan fingerprint density at radius 1 is 0.600 bits per heavy atom. The third kappa shape index (κ3) is 3.06. The Morgan fingerprint density at radius 2 is 1.00 bits per heavy atom. The van der Waals surface area contributed by atoms with E-state index in [0.717, 1.165) is 0 Å². The lowest BCUT2D eigenvalue weighted by Gasteiger charge is -2.04. The first-order valence-corrected chi connectivity index (χ1v) is 6.44. The summed E-state index contributed by atoms with van der Waals surface area (Å²) in [5.74, 6) is 0. The predicted octanol–water partition coefficient (Wildman–Crippen LogP) is 0.849. The van der Waals surface area contributed by atoms with Crippen molar-refractivity contribution in [2.24, 2.45) is 7.05 Å². The van der Waals surface area contributed by atoms with E-state index in [-0.39, 0.29) is 12.4 Å². The summed E-state index contributed by atoms with van der Waals surface area (Å²) in [6.07, 6.45) is 4.31. The number of pyridine rings is 1. The van der Waals surface area contributed by atoms with Gasteiger partial charge in [0, 0.05) is 11.1 Å². The maximum absolute atomic E-state index is 2.24. The van der Waals surface area contributed by atoms with E-state index in [1.807, 2.05) is 12.1 Å². The highest BCUT2D eigenvalue weighted by molar-refractivity contribution is 5.70. The number of rotatable bonds is 2. The monoisotopic (exact) mass is 281 g/mol. The van der Waals surface area contributed by atoms with Gasteiger partial charge in [0.05, 0.1) is 0 Å². The van der Waals surface area contributed by atoms with Crippen LogP contribution in [0.1, 0.15) is 0 Å². The summed E-state index contributed by atoms with van der Waals surface area (Å²) in [4.78, 5) is 0. The first-order chi connectivity index (χ1) is 9.33. The Balaban J connectivity index is 0.00000147. The number of aryl methyl sites for hydroxylation is 1. The van der Waals surface area contributed by atoms with Gasteiger partial charge in [0.1, 0.15) is 7.05 Å². The lowest BCUT2D eigenvalue weighted by atomic mass is 10.0. The molecule has 0 aliphatic rings. The van der Waals surface area contributed by atoms with E-state index < -0.39 is 0 Å². The molecule has 0 bridgehead atoms. The molecule has 100 valence electrons. The van der Waals surface area contributed by atoms with Crippen molar-refractivity contribution >= 4 is 0 Å². The van der Waals surface area contributed by atoms with Gasteiger partial charge in [-0.05, 0) is 17.2 Å². The Kier molecular flexibility index (Phi) is 4.54. The largest absolute Gasteiger partial charge is 1.00 e. The van der Waals surface area contributed by atoms with E-state index in [0.29, 0.717) is 0 Å². The van der Waals surface area contributed by atoms with Crippen LogP contribution in [0.5, 0.6) is 0 Å². The van der Waals surface area contributed by atoms with Crippen LogP contribution in [0.25, 0.3) is 22.3 Å². The van der Waals surface area contributed by atoms with Crippen LogP contribution in [-0.4, -0.2) is 0 Å². The van der Waals surface area contributed by atoms with Gasteiger partial charge in [-0.2, -0.15) is 0 Å². The highest BCUT2D eigenvalue weighted by Crippen LogP contribution is 2.24. The van der Waals surface area contributed by atoms with Crippen LogP contribution in [0.2, 0.25) is 0 Å². The van der Waals surface area contributed by atoms with Crippen LogP contribution in [-0.2, 0) is 7.05 Å². The summed E-state index contributed by atoms with van der Waals surface area (Å²) in [5, 5.41) is 0. The zero-order chi connectivity index (χ0) is 13.1. The van der Waals surface area contributed by atoms with Crippen molar-refractivity contribution in [3.8, 4) is 22.3 Å². The molecule has 2 aromatic carbocycles. The quantitative estimate of drug-likeness (QED) is 0.613. The van der Waals surface area contributed by atoms with Crippen molar-refractivity contribution in [3.05, 3.63) is 79.1 Å². The topological polar surface area (TPSA) is 3.88 Å². The molecule has 20 heavy (non-hydrogen) atoms. The Hall–Kier alpha value is -2.12. The van der Waals surface area contributed by atoms with Crippen molar-refractivity contribution in [1.29, 1.82) is 0 Å². The normalized spacial score (nSPS) is 9.85. The average molecular weight is 282 g/mol. The molecule has 0 unspecified atom stereocenters. The van der Waals surface area contributed by atoms with Crippen LogP contribution >= 0.6 is 0 Å². The molecule has 0 amide bonds. The number of halogens is 1. The van der Waals surface area contributed by atoms with Gasteiger partial charge in [-0.3, -0.25) is 0 Å². The van der Waals surface area contributed by atoms with Gasteiger partial charge in [-0.25, -0.2) is 4.57 Å².